The minimum absolute atomic E-state index is 0.604. The van der Waals surface area contributed by atoms with Crippen molar-refractivity contribution in [2.45, 2.75) is 13.0 Å². The van der Waals surface area contributed by atoms with Crippen LogP contribution in [0, 0.1) is 3.57 Å². The Morgan fingerprint density at radius 3 is 2.50 bits per heavy atom. The first-order chi connectivity index (χ1) is 9.52. The van der Waals surface area contributed by atoms with E-state index in [1.54, 1.807) is 6.07 Å². The summed E-state index contributed by atoms with van der Waals surface area (Å²) in [5.41, 5.74) is 1.56. The van der Waals surface area contributed by atoms with Crippen LogP contribution in [0.4, 0.5) is 0 Å². The summed E-state index contributed by atoms with van der Waals surface area (Å²) in [5.74, 6) is 0.768. The van der Waals surface area contributed by atoms with Gasteiger partial charge < -0.3 is 9.84 Å². The molecule has 0 saturated carbocycles. The molecule has 1 unspecified atom stereocenters. The average molecular weight is 468 g/mol. The average Bonchev–Trinajstić information content (AvgIpc) is 2.43. The molecular weight excluding hydrogens is 454 g/mol. The van der Waals surface area contributed by atoms with Crippen molar-refractivity contribution in [2.24, 2.45) is 0 Å². The zero-order valence-electron chi connectivity index (χ0n) is 10.7. The van der Waals surface area contributed by atoms with E-state index in [4.69, 9.17) is 16.3 Å². The SMILES string of the molecule is CCOc1ccc(C(O)c2ccc(I)c(Cl)c2)cc1Br. The molecule has 0 heterocycles. The summed E-state index contributed by atoms with van der Waals surface area (Å²) < 4.78 is 7.25. The van der Waals surface area contributed by atoms with Crippen molar-refractivity contribution in [3.63, 3.8) is 0 Å². The first-order valence-electron chi connectivity index (χ1n) is 6.08. The summed E-state index contributed by atoms with van der Waals surface area (Å²) in [6.45, 7) is 2.54. The fourth-order valence-electron chi connectivity index (χ4n) is 1.83. The second kappa shape index (κ2) is 7.11. The fraction of sp³-hybridized carbons (Fsp3) is 0.200. The number of aliphatic hydroxyl groups is 1. The first-order valence-corrected chi connectivity index (χ1v) is 8.33. The highest BCUT2D eigenvalue weighted by molar-refractivity contribution is 14.1. The Bertz CT molecular complexity index is 619. The van der Waals surface area contributed by atoms with Gasteiger partial charge in [-0.25, -0.2) is 0 Å². The van der Waals surface area contributed by atoms with E-state index in [0.717, 1.165) is 24.9 Å². The van der Waals surface area contributed by atoms with Crippen LogP contribution in [0.3, 0.4) is 0 Å². The van der Waals surface area contributed by atoms with Gasteiger partial charge in [0.15, 0.2) is 0 Å². The van der Waals surface area contributed by atoms with Crippen LogP contribution in [0.15, 0.2) is 40.9 Å². The Balaban J connectivity index is 2.30. The minimum atomic E-state index is -0.712. The number of benzene rings is 2. The molecule has 5 heteroatoms. The van der Waals surface area contributed by atoms with Gasteiger partial charge in [-0.1, -0.05) is 23.7 Å². The van der Waals surface area contributed by atoms with E-state index in [-0.39, 0.29) is 0 Å². The molecule has 2 aromatic rings. The lowest BCUT2D eigenvalue weighted by Gasteiger charge is -2.14. The van der Waals surface area contributed by atoms with Crippen molar-refractivity contribution >= 4 is 50.1 Å². The summed E-state index contributed by atoms with van der Waals surface area (Å²) in [6, 6.07) is 11.1. The van der Waals surface area contributed by atoms with Gasteiger partial charge in [0.1, 0.15) is 11.9 Å². The van der Waals surface area contributed by atoms with Crippen LogP contribution in [0.2, 0.25) is 5.02 Å². The lowest BCUT2D eigenvalue weighted by Crippen LogP contribution is -2.01. The Kier molecular flexibility index (Phi) is 5.72. The Labute approximate surface area is 145 Å². The molecule has 2 aromatic carbocycles. The number of hydrogen-bond acceptors (Lipinski definition) is 2. The quantitative estimate of drug-likeness (QED) is 0.628. The van der Waals surface area contributed by atoms with Gasteiger partial charge in [0.2, 0.25) is 0 Å². The van der Waals surface area contributed by atoms with Gasteiger partial charge in [0.25, 0.3) is 0 Å². The van der Waals surface area contributed by atoms with E-state index in [1.807, 2.05) is 37.3 Å². The molecule has 2 rings (SSSR count). The highest BCUT2D eigenvalue weighted by atomic mass is 127. The number of ether oxygens (including phenoxy) is 1. The standard InChI is InChI=1S/C15H13BrClIO2/c1-2-20-14-6-4-9(7-11(14)16)15(19)10-3-5-13(18)12(17)8-10/h3-8,15,19H,2H2,1H3. The number of aliphatic hydroxyl groups excluding tert-OH is 1. The zero-order valence-corrected chi connectivity index (χ0v) is 15.2. The van der Waals surface area contributed by atoms with Crippen LogP contribution in [0.25, 0.3) is 0 Å². The maximum atomic E-state index is 10.4. The molecule has 0 fully saturated rings. The highest BCUT2D eigenvalue weighted by Crippen LogP contribution is 2.32. The van der Waals surface area contributed by atoms with Crippen molar-refractivity contribution in [1.29, 1.82) is 0 Å². The lowest BCUT2D eigenvalue weighted by molar-refractivity contribution is 0.220. The number of hydrogen-bond donors (Lipinski definition) is 1. The fourth-order valence-corrected chi connectivity index (χ4v) is 2.87. The second-order valence-electron chi connectivity index (χ2n) is 4.20. The monoisotopic (exact) mass is 466 g/mol. The van der Waals surface area contributed by atoms with Crippen molar-refractivity contribution < 1.29 is 9.84 Å². The van der Waals surface area contributed by atoms with E-state index < -0.39 is 6.10 Å². The molecule has 20 heavy (non-hydrogen) atoms. The van der Waals surface area contributed by atoms with Crippen molar-refractivity contribution in [3.8, 4) is 5.75 Å². The highest BCUT2D eigenvalue weighted by Gasteiger charge is 2.13. The Morgan fingerprint density at radius 1 is 1.25 bits per heavy atom. The minimum Gasteiger partial charge on any atom is -0.493 e. The van der Waals surface area contributed by atoms with Gasteiger partial charge in [-0.3, -0.25) is 0 Å². The Morgan fingerprint density at radius 2 is 1.90 bits per heavy atom. The van der Waals surface area contributed by atoms with Gasteiger partial charge in [0.05, 0.1) is 16.1 Å². The second-order valence-corrected chi connectivity index (χ2v) is 6.62. The third-order valence-electron chi connectivity index (χ3n) is 2.83. The molecule has 0 bridgehead atoms. The smallest absolute Gasteiger partial charge is 0.133 e. The molecule has 0 aliphatic carbocycles. The zero-order chi connectivity index (χ0) is 14.7. The molecule has 0 radical (unpaired) electrons. The molecule has 0 aliphatic heterocycles. The van der Waals surface area contributed by atoms with Crippen LogP contribution >= 0.6 is 50.1 Å². The normalized spacial score (nSPS) is 12.2. The topological polar surface area (TPSA) is 29.5 Å². The molecule has 2 nitrogen and oxygen atoms in total. The van der Waals surface area contributed by atoms with Crippen LogP contribution in [0.5, 0.6) is 5.75 Å². The summed E-state index contributed by atoms with van der Waals surface area (Å²) in [6.07, 6.45) is -0.712. The van der Waals surface area contributed by atoms with E-state index in [0.29, 0.717) is 11.6 Å². The summed E-state index contributed by atoms with van der Waals surface area (Å²) >= 11 is 11.7. The molecule has 1 N–H and O–H groups in total. The third-order valence-corrected chi connectivity index (χ3v) is 5.02. The predicted molar refractivity (Wildman–Crippen MR) is 93.5 cm³/mol. The van der Waals surface area contributed by atoms with Crippen molar-refractivity contribution in [1.82, 2.24) is 0 Å². The third kappa shape index (κ3) is 3.67. The molecule has 0 amide bonds. The summed E-state index contributed by atoms with van der Waals surface area (Å²) in [5, 5.41) is 11.1. The molecule has 0 saturated heterocycles. The maximum Gasteiger partial charge on any atom is 0.133 e. The Hall–Kier alpha value is -0.300. The van der Waals surface area contributed by atoms with Crippen LogP contribution in [-0.2, 0) is 0 Å². The van der Waals surface area contributed by atoms with Gasteiger partial charge in [-0.05, 0) is 80.8 Å². The van der Waals surface area contributed by atoms with Gasteiger partial charge in [0, 0.05) is 3.57 Å². The summed E-state index contributed by atoms with van der Waals surface area (Å²) in [4.78, 5) is 0. The van der Waals surface area contributed by atoms with Crippen molar-refractivity contribution in [3.05, 3.63) is 60.6 Å². The molecule has 0 spiro atoms. The number of rotatable bonds is 4. The number of halogens is 3. The van der Waals surface area contributed by atoms with Crippen LogP contribution < -0.4 is 4.74 Å². The van der Waals surface area contributed by atoms with Gasteiger partial charge in [-0.2, -0.15) is 0 Å². The van der Waals surface area contributed by atoms with Crippen LogP contribution in [0.1, 0.15) is 24.2 Å². The largest absolute Gasteiger partial charge is 0.493 e. The van der Waals surface area contributed by atoms with Crippen LogP contribution in [-0.4, -0.2) is 11.7 Å². The predicted octanol–water partition coefficient (Wildman–Crippen LogP) is 5.19. The maximum absolute atomic E-state index is 10.4. The van der Waals surface area contributed by atoms with Gasteiger partial charge in [-0.15, -0.1) is 0 Å². The molecule has 1 atom stereocenters. The molecule has 0 aliphatic rings. The van der Waals surface area contributed by atoms with E-state index >= 15 is 0 Å². The van der Waals surface area contributed by atoms with E-state index in [2.05, 4.69) is 38.5 Å². The lowest BCUT2D eigenvalue weighted by atomic mass is 10.0. The molecular formula is C15H13BrClIO2. The van der Waals surface area contributed by atoms with Crippen molar-refractivity contribution in [2.75, 3.05) is 6.61 Å². The van der Waals surface area contributed by atoms with E-state index in [1.165, 1.54) is 0 Å². The summed E-state index contributed by atoms with van der Waals surface area (Å²) in [7, 11) is 0. The molecule has 0 aromatic heterocycles. The first kappa shape index (κ1) is 16.1. The van der Waals surface area contributed by atoms with Gasteiger partial charge >= 0.3 is 0 Å². The van der Waals surface area contributed by atoms with E-state index in [9.17, 15) is 5.11 Å². The molecule has 106 valence electrons.